The molecule has 0 unspecified atom stereocenters. The molecule has 0 aliphatic heterocycles. The molecule has 208 valence electrons. The number of aromatic carboxylic acids is 4. The second-order valence-corrected chi connectivity index (χ2v) is 9.41. The molecule has 14 heteroatoms. The Labute approximate surface area is 347 Å². The van der Waals surface area contributed by atoms with Gasteiger partial charge in [-0.25, -0.2) is 0 Å². The van der Waals surface area contributed by atoms with Gasteiger partial charge in [0.05, 0.1) is 23.9 Å². The number of rotatable bonds is 10. The standard InChI is InChI=1S/C31H24O10.4Na/c1-31(2,17-6-10-19(11-7-17)40-21-14-15-22(27(32)33)24(16-21)29(36)37)18-8-12-20(13-9-18)41-25-5-3-4-23(28(34)35)26(25)30(38)39;;;;/h3-16H,1-2H3,(H,32,33)(H,34,35)(H,36,37)(H,38,39);;;;/q;4*+1/p-4. The molecule has 45 heavy (non-hydrogen) atoms. The quantitative estimate of drug-likeness (QED) is 0.151. The molecule has 0 amide bonds. The third kappa shape index (κ3) is 10.4. The van der Waals surface area contributed by atoms with Crippen molar-refractivity contribution in [3.8, 4) is 23.0 Å². The Morgan fingerprint density at radius 2 is 0.956 bits per heavy atom. The van der Waals surface area contributed by atoms with Crippen LogP contribution in [-0.4, -0.2) is 23.9 Å². The Bertz CT molecular complexity index is 1670. The van der Waals surface area contributed by atoms with Gasteiger partial charge in [0, 0.05) is 27.7 Å². The average Bonchev–Trinajstić information content (AvgIpc) is 2.93. The first-order valence-corrected chi connectivity index (χ1v) is 12.1. The molecule has 0 N–H and O–H groups in total. The van der Waals surface area contributed by atoms with E-state index < -0.39 is 51.5 Å². The zero-order chi connectivity index (χ0) is 29.9. The largest absolute Gasteiger partial charge is 1.00 e. The van der Waals surface area contributed by atoms with Crippen molar-refractivity contribution in [2.24, 2.45) is 0 Å². The number of ether oxygens (including phenoxy) is 2. The Kier molecular flexibility index (Phi) is 18.0. The number of benzene rings is 4. The summed E-state index contributed by atoms with van der Waals surface area (Å²) >= 11 is 0. The van der Waals surface area contributed by atoms with Crippen molar-refractivity contribution < 1.29 is 167 Å². The van der Waals surface area contributed by atoms with Crippen LogP contribution in [0.2, 0.25) is 0 Å². The molecule has 0 heterocycles. The van der Waals surface area contributed by atoms with Gasteiger partial charge in [0.1, 0.15) is 23.0 Å². The summed E-state index contributed by atoms with van der Waals surface area (Å²) in [6.07, 6.45) is 0. The molecular weight excluding hydrogens is 624 g/mol. The zero-order valence-electron chi connectivity index (χ0n) is 25.7. The van der Waals surface area contributed by atoms with Crippen LogP contribution in [0.5, 0.6) is 23.0 Å². The summed E-state index contributed by atoms with van der Waals surface area (Å²) in [6.45, 7) is 3.95. The first-order valence-electron chi connectivity index (χ1n) is 12.1. The molecule has 0 fully saturated rings. The third-order valence-electron chi connectivity index (χ3n) is 6.50. The predicted molar refractivity (Wildman–Crippen MR) is 135 cm³/mol. The minimum Gasteiger partial charge on any atom is -0.545 e. The molecule has 0 saturated carbocycles. The second kappa shape index (κ2) is 18.6. The van der Waals surface area contributed by atoms with E-state index in [9.17, 15) is 39.6 Å². The maximum Gasteiger partial charge on any atom is 1.00 e. The first kappa shape index (κ1) is 43.4. The van der Waals surface area contributed by atoms with Gasteiger partial charge < -0.3 is 49.1 Å². The molecule has 4 aromatic rings. The number of carboxylic acids is 4. The zero-order valence-corrected chi connectivity index (χ0v) is 33.7. The van der Waals surface area contributed by atoms with Crippen LogP contribution in [0, 0.1) is 0 Å². The summed E-state index contributed by atoms with van der Waals surface area (Å²) in [7, 11) is 0. The predicted octanol–water partition coefficient (Wildman–Crippen LogP) is -10.9. The van der Waals surface area contributed by atoms with E-state index >= 15 is 0 Å². The van der Waals surface area contributed by atoms with E-state index in [1.165, 1.54) is 18.2 Å². The van der Waals surface area contributed by atoms with E-state index in [2.05, 4.69) is 0 Å². The first-order chi connectivity index (χ1) is 19.4. The number of carbonyl (C=O) groups excluding carboxylic acids is 4. The van der Waals surface area contributed by atoms with Crippen LogP contribution in [0.3, 0.4) is 0 Å². The molecule has 4 aromatic carbocycles. The molecule has 0 spiro atoms. The number of carboxylic acid groups (broad SMARTS) is 4. The summed E-state index contributed by atoms with van der Waals surface area (Å²) in [4.78, 5) is 45.3. The minimum absolute atomic E-state index is 0. The monoisotopic (exact) mass is 644 g/mol. The number of hydrogen-bond donors (Lipinski definition) is 0. The summed E-state index contributed by atoms with van der Waals surface area (Å²) in [6, 6.07) is 20.9. The second-order valence-electron chi connectivity index (χ2n) is 9.41. The van der Waals surface area contributed by atoms with E-state index in [0.717, 1.165) is 29.3 Å². The van der Waals surface area contributed by atoms with Crippen molar-refractivity contribution in [1.29, 1.82) is 0 Å². The summed E-state index contributed by atoms with van der Waals surface area (Å²) in [5, 5.41) is 45.3. The van der Waals surface area contributed by atoms with Crippen molar-refractivity contribution in [2.45, 2.75) is 19.3 Å². The SMILES string of the molecule is CC(C)(c1ccc(Oc2ccc(C(=O)[O-])c(C(=O)[O-])c2)cc1)c1ccc(Oc2cccc(C(=O)[O-])c2C(=O)[O-])cc1.[Na+].[Na+].[Na+].[Na+]. The van der Waals surface area contributed by atoms with Crippen LogP contribution in [0.25, 0.3) is 0 Å². The van der Waals surface area contributed by atoms with E-state index in [0.29, 0.717) is 5.75 Å². The van der Waals surface area contributed by atoms with Crippen LogP contribution in [0.1, 0.15) is 66.4 Å². The van der Waals surface area contributed by atoms with Crippen LogP contribution in [0.4, 0.5) is 0 Å². The van der Waals surface area contributed by atoms with Crippen LogP contribution in [0.15, 0.2) is 84.9 Å². The van der Waals surface area contributed by atoms with Crippen molar-refractivity contribution in [2.75, 3.05) is 0 Å². The van der Waals surface area contributed by atoms with Gasteiger partial charge in [-0.3, -0.25) is 0 Å². The van der Waals surface area contributed by atoms with Gasteiger partial charge in [0.25, 0.3) is 0 Å². The Morgan fingerprint density at radius 1 is 0.511 bits per heavy atom. The Hall–Kier alpha value is -1.64. The van der Waals surface area contributed by atoms with E-state index in [1.54, 1.807) is 36.4 Å². The molecule has 0 atom stereocenters. The molecule has 0 aliphatic carbocycles. The summed E-state index contributed by atoms with van der Waals surface area (Å²) < 4.78 is 11.3. The Morgan fingerprint density at radius 3 is 1.40 bits per heavy atom. The summed E-state index contributed by atoms with van der Waals surface area (Å²) in [5.41, 5.74) is -1.00. The van der Waals surface area contributed by atoms with Gasteiger partial charge >= 0.3 is 118 Å². The van der Waals surface area contributed by atoms with Gasteiger partial charge in [-0.15, -0.1) is 0 Å². The van der Waals surface area contributed by atoms with Gasteiger partial charge in [0.2, 0.25) is 0 Å². The van der Waals surface area contributed by atoms with Crippen molar-refractivity contribution in [1.82, 2.24) is 0 Å². The maximum atomic E-state index is 11.5. The van der Waals surface area contributed by atoms with Gasteiger partial charge in [-0.05, 0) is 59.7 Å². The molecule has 0 aromatic heterocycles. The average molecular weight is 644 g/mol. The smallest absolute Gasteiger partial charge is 0.545 e. The molecule has 0 aliphatic rings. The van der Waals surface area contributed by atoms with Crippen LogP contribution in [-0.2, 0) is 5.41 Å². The molecular formula is C31H20Na4O10. The van der Waals surface area contributed by atoms with E-state index in [1.807, 2.05) is 26.0 Å². The molecule has 10 nitrogen and oxygen atoms in total. The fraction of sp³-hybridized carbons (Fsp3) is 0.0968. The van der Waals surface area contributed by atoms with Crippen molar-refractivity contribution in [3.05, 3.63) is 118 Å². The minimum atomic E-state index is -1.71. The topological polar surface area (TPSA) is 179 Å². The van der Waals surface area contributed by atoms with Gasteiger partial charge in [0.15, 0.2) is 0 Å². The fourth-order valence-corrected chi connectivity index (χ4v) is 4.24. The van der Waals surface area contributed by atoms with Crippen molar-refractivity contribution in [3.63, 3.8) is 0 Å². The van der Waals surface area contributed by atoms with Gasteiger partial charge in [-0.1, -0.05) is 50.2 Å². The number of hydrogen-bond acceptors (Lipinski definition) is 10. The normalized spacial score (nSPS) is 10.0. The fourth-order valence-electron chi connectivity index (χ4n) is 4.24. The van der Waals surface area contributed by atoms with Gasteiger partial charge in [-0.2, -0.15) is 0 Å². The molecule has 0 saturated heterocycles. The van der Waals surface area contributed by atoms with Crippen molar-refractivity contribution >= 4 is 23.9 Å². The van der Waals surface area contributed by atoms with Crippen LogP contribution < -0.4 is 148 Å². The molecule has 0 bridgehead atoms. The Balaban J connectivity index is 0.00000484. The molecule has 4 rings (SSSR count). The number of carbonyl (C=O) groups is 4. The van der Waals surface area contributed by atoms with E-state index in [4.69, 9.17) is 9.47 Å². The summed E-state index contributed by atoms with van der Waals surface area (Å²) in [5.74, 6) is -6.15. The van der Waals surface area contributed by atoms with Crippen LogP contribution >= 0.6 is 0 Å². The molecule has 0 radical (unpaired) electrons. The maximum absolute atomic E-state index is 11.5. The third-order valence-corrected chi connectivity index (χ3v) is 6.50. The van der Waals surface area contributed by atoms with E-state index in [-0.39, 0.29) is 135 Å².